The van der Waals surface area contributed by atoms with Crippen LogP contribution in [0.2, 0.25) is 54.4 Å². The molecule has 0 aromatic carbocycles. The first-order chi connectivity index (χ1) is 16.5. The third-order valence-electron chi connectivity index (χ3n) is 8.84. The smallest absolute Gasteiger partial charge is 0.193 e. The summed E-state index contributed by atoms with van der Waals surface area (Å²) < 4.78 is 20.5. The van der Waals surface area contributed by atoms with Crippen LogP contribution in [-0.4, -0.2) is 43.8 Å². The second-order valence-electron chi connectivity index (χ2n) is 15.3. The molecule has 0 saturated carbocycles. The van der Waals surface area contributed by atoms with Crippen molar-refractivity contribution >= 4 is 25.0 Å². The molecule has 2 atom stereocenters. The highest BCUT2D eigenvalue weighted by Gasteiger charge is 2.44. The van der Waals surface area contributed by atoms with Gasteiger partial charge in [-0.05, 0) is 60.8 Å². The van der Waals surface area contributed by atoms with E-state index in [1.807, 2.05) is 0 Å². The van der Waals surface area contributed by atoms with Crippen molar-refractivity contribution in [3.05, 3.63) is 12.2 Å². The molecule has 0 saturated heterocycles. The van der Waals surface area contributed by atoms with Crippen LogP contribution >= 0.6 is 0 Å². The lowest BCUT2D eigenvalue weighted by atomic mass is 10.1. The highest BCUT2D eigenvalue weighted by Crippen LogP contribution is 2.41. The molecule has 3 nitrogen and oxygen atoms in total. The lowest BCUT2D eigenvalue weighted by Gasteiger charge is -2.43. The Kier molecular flexibility index (Phi) is 14.4. The van der Waals surface area contributed by atoms with Gasteiger partial charge in [0, 0.05) is 6.42 Å². The molecule has 0 radical (unpaired) electrons. The minimum atomic E-state index is -2.06. The number of rotatable bonds is 13. The van der Waals surface area contributed by atoms with Gasteiger partial charge in [0.25, 0.3) is 0 Å². The maximum atomic E-state index is 7.02. The Hall–Kier alpha value is -0.169. The van der Waals surface area contributed by atoms with Gasteiger partial charge in [-0.15, -0.1) is 5.92 Å². The second kappa shape index (κ2) is 14.5. The van der Waals surface area contributed by atoms with E-state index in [1.165, 1.54) is 19.3 Å². The molecule has 0 aromatic heterocycles. The van der Waals surface area contributed by atoms with E-state index >= 15 is 0 Å². The van der Waals surface area contributed by atoms with E-state index in [0.717, 1.165) is 12.8 Å². The molecule has 218 valence electrons. The predicted octanol–water partition coefficient (Wildman–Crippen LogP) is 10.3. The van der Waals surface area contributed by atoms with Gasteiger partial charge in [0.05, 0.1) is 6.61 Å². The zero-order chi connectivity index (χ0) is 29.3. The highest BCUT2D eigenvalue weighted by atomic mass is 28.4. The van der Waals surface area contributed by atoms with Gasteiger partial charge >= 0.3 is 0 Å². The van der Waals surface area contributed by atoms with Gasteiger partial charge in [-0.25, -0.2) is 0 Å². The molecule has 0 aliphatic heterocycles. The van der Waals surface area contributed by atoms with E-state index < -0.39 is 25.0 Å². The third-order valence-corrected chi connectivity index (χ3v) is 22.3. The lowest BCUT2D eigenvalue weighted by molar-refractivity contribution is 0.0992. The van der Waals surface area contributed by atoms with Crippen LogP contribution in [0.1, 0.15) is 101 Å². The summed E-state index contributed by atoms with van der Waals surface area (Å²) in [5, 5.41) is 0.395. The van der Waals surface area contributed by atoms with Crippen molar-refractivity contribution in [3.63, 3.8) is 0 Å². The zero-order valence-electron chi connectivity index (χ0n) is 27.8. The van der Waals surface area contributed by atoms with Crippen molar-refractivity contribution in [2.45, 2.75) is 168 Å². The van der Waals surface area contributed by atoms with Crippen LogP contribution in [0.25, 0.3) is 0 Å². The molecular formula is C31H64O3Si3. The molecule has 0 aliphatic carbocycles. The maximum Gasteiger partial charge on any atom is 0.193 e. The van der Waals surface area contributed by atoms with Crippen LogP contribution in [-0.2, 0) is 13.3 Å². The molecular weight excluding hydrogens is 505 g/mol. The topological polar surface area (TPSA) is 27.7 Å². The highest BCUT2D eigenvalue weighted by molar-refractivity contribution is 6.75. The molecule has 0 heterocycles. The summed E-state index contributed by atoms with van der Waals surface area (Å²) in [7, 11) is -5.94. The molecule has 0 unspecified atom stereocenters. The minimum absolute atomic E-state index is 0.102. The minimum Gasteiger partial charge on any atom is -0.413 e. The first-order valence-electron chi connectivity index (χ1n) is 14.6. The monoisotopic (exact) mass is 568 g/mol. The lowest BCUT2D eigenvalue weighted by Crippen LogP contribution is -2.51. The van der Waals surface area contributed by atoms with Crippen LogP contribution in [0, 0.1) is 11.8 Å². The van der Waals surface area contributed by atoms with Crippen molar-refractivity contribution in [2.75, 3.05) is 6.61 Å². The van der Waals surface area contributed by atoms with Gasteiger partial charge in [0.2, 0.25) is 0 Å². The Morgan fingerprint density at radius 3 is 1.62 bits per heavy atom. The second-order valence-corrected chi connectivity index (χ2v) is 29.6. The maximum absolute atomic E-state index is 7.02. The van der Waals surface area contributed by atoms with Gasteiger partial charge in [-0.1, -0.05) is 107 Å². The molecule has 0 aromatic rings. The van der Waals surface area contributed by atoms with E-state index in [4.69, 9.17) is 13.3 Å². The number of hydrogen-bond acceptors (Lipinski definition) is 3. The molecule has 37 heavy (non-hydrogen) atoms. The molecule has 0 fully saturated rings. The third kappa shape index (κ3) is 12.7. The first kappa shape index (κ1) is 36.8. The normalized spacial score (nSPS) is 16.0. The molecule has 0 spiro atoms. The van der Waals surface area contributed by atoms with Crippen molar-refractivity contribution in [1.29, 1.82) is 0 Å². The molecule has 0 N–H and O–H groups in total. The fraction of sp³-hybridized carbons (Fsp3) is 0.871. The zero-order valence-corrected chi connectivity index (χ0v) is 30.8. The van der Waals surface area contributed by atoms with E-state index in [0.29, 0.717) is 6.61 Å². The van der Waals surface area contributed by atoms with Crippen molar-refractivity contribution < 1.29 is 13.3 Å². The Bertz CT molecular complexity index is 754. The Morgan fingerprint density at radius 1 is 0.676 bits per heavy atom. The SMILES string of the molecule is CCCCCCC#C[C@@H](O[Si](C)(C)C(C)(C)C)[C@H](/C=C/CO[Si](C)(C)C(C)(C)C)O[Si](C)(C)C(C)(C)C. The van der Waals surface area contributed by atoms with E-state index in [2.05, 4.69) is 133 Å². The van der Waals surface area contributed by atoms with Crippen LogP contribution in [0.5, 0.6) is 0 Å². The molecule has 0 bridgehead atoms. The molecule has 0 amide bonds. The number of hydrogen-bond donors (Lipinski definition) is 0. The average molecular weight is 569 g/mol. The largest absolute Gasteiger partial charge is 0.413 e. The van der Waals surface area contributed by atoms with E-state index in [-0.39, 0.29) is 27.3 Å². The molecule has 6 heteroatoms. The fourth-order valence-electron chi connectivity index (χ4n) is 2.87. The van der Waals surface area contributed by atoms with Crippen LogP contribution < -0.4 is 0 Å². The summed E-state index contributed by atoms with van der Waals surface area (Å²) in [6.45, 7) is 37.3. The molecule has 0 aliphatic rings. The molecule has 0 rings (SSSR count). The van der Waals surface area contributed by atoms with E-state index in [1.54, 1.807) is 0 Å². The quantitative estimate of drug-likeness (QED) is 0.0957. The summed E-state index contributed by atoms with van der Waals surface area (Å²) in [5.74, 6) is 7.04. The summed E-state index contributed by atoms with van der Waals surface area (Å²) in [4.78, 5) is 0. The number of unbranched alkanes of at least 4 members (excludes halogenated alkanes) is 4. The predicted molar refractivity (Wildman–Crippen MR) is 173 cm³/mol. The summed E-state index contributed by atoms with van der Waals surface area (Å²) in [6.07, 6.45) is 9.70. The van der Waals surface area contributed by atoms with E-state index in [9.17, 15) is 0 Å². The van der Waals surface area contributed by atoms with Gasteiger partial charge in [0.15, 0.2) is 25.0 Å². The van der Waals surface area contributed by atoms with Crippen molar-refractivity contribution in [1.82, 2.24) is 0 Å². The van der Waals surface area contributed by atoms with Crippen molar-refractivity contribution in [2.24, 2.45) is 0 Å². The Balaban J connectivity index is 6.19. The van der Waals surface area contributed by atoms with Crippen LogP contribution in [0.4, 0.5) is 0 Å². The van der Waals surface area contributed by atoms with Crippen LogP contribution in [0.3, 0.4) is 0 Å². The van der Waals surface area contributed by atoms with Gasteiger partial charge in [-0.2, -0.15) is 0 Å². The van der Waals surface area contributed by atoms with Gasteiger partial charge < -0.3 is 13.3 Å². The Labute approximate surface area is 236 Å². The standard InChI is InChI=1S/C31H64O3Si3/c1-17-18-19-20-21-22-24-27(33-36(13,14)30(5,6)7)28(34-37(15,16)31(8,9)10)25-23-26-32-35(11,12)29(2,3)4/h23,25,27-28H,17-21,26H2,1-16H3/b25-23+/t27-,28+/m1/s1. The summed E-state index contributed by atoms with van der Waals surface area (Å²) >= 11 is 0. The van der Waals surface area contributed by atoms with Crippen molar-refractivity contribution in [3.8, 4) is 11.8 Å². The van der Waals surface area contributed by atoms with Gasteiger partial charge in [-0.3, -0.25) is 0 Å². The average Bonchev–Trinajstić information content (AvgIpc) is 2.69. The van der Waals surface area contributed by atoms with Crippen LogP contribution in [0.15, 0.2) is 12.2 Å². The summed E-state index contributed by atoms with van der Waals surface area (Å²) in [6, 6.07) is 0. The first-order valence-corrected chi connectivity index (χ1v) is 23.4. The summed E-state index contributed by atoms with van der Waals surface area (Å²) in [5.41, 5.74) is 0. The van der Waals surface area contributed by atoms with Gasteiger partial charge in [0.1, 0.15) is 12.2 Å². The fourth-order valence-corrected chi connectivity index (χ4v) is 6.23. The Morgan fingerprint density at radius 2 is 1.16 bits per heavy atom.